The molecule has 0 atom stereocenters. The molecule has 1 aliphatic rings. The summed E-state index contributed by atoms with van der Waals surface area (Å²) in [4.78, 5) is 2.55. The van der Waals surface area contributed by atoms with Crippen LogP contribution < -0.4 is 5.32 Å². The second-order valence-electron chi connectivity index (χ2n) is 5.06. The third-order valence-corrected chi connectivity index (χ3v) is 3.49. The lowest BCUT2D eigenvalue weighted by Crippen LogP contribution is -2.32. The summed E-state index contributed by atoms with van der Waals surface area (Å²) in [6, 6.07) is 6.80. The number of likely N-dealkylation sites (tertiary alicyclic amines) is 1. The molecule has 3 heteroatoms. The topological polar surface area (TPSA) is 15.3 Å². The number of hydrogen-bond acceptors (Lipinski definition) is 2. The summed E-state index contributed by atoms with van der Waals surface area (Å²) in [6.07, 6.45) is 5.29. The van der Waals surface area contributed by atoms with Gasteiger partial charge in [-0.05, 0) is 63.1 Å². The number of rotatable bonds is 6. The maximum atomic E-state index is 13.0. The molecule has 1 fully saturated rings. The van der Waals surface area contributed by atoms with Gasteiger partial charge in [-0.1, -0.05) is 18.6 Å². The zero-order chi connectivity index (χ0) is 12.6. The summed E-state index contributed by atoms with van der Waals surface area (Å²) < 4.78 is 13.0. The molecule has 1 saturated heterocycles. The highest BCUT2D eigenvalue weighted by molar-refractivity contribution is 5.15. The molecule has 18 heavy (non-hydrogen) atoms. The van der Waals surface area contributed by atoms with Gasteiger partial charge >= 0.3 is 0 Å². The number of nitrogens with one attached hydrogen (secondary N) is 1. The van der Waals surface area contributed by atoms with Gasteiger partial charge < -0.3 is 10.2 Å². The van der Waals surface area contributed by atoms with E-state index in [1.807, 2.05) is 6.07 Å². The first-order chi connectivity index (χ1) is 8.84. The minimum Gasteiger partial charge on any atom is -0.313 e. The van der Waals surface area contributed by atoms with Gasteiger partial charge in [-0.3, -0.25) is 0 Å². The van der Waals surface area contributed by atoms with Crippen molar-refractivity contribution < 1.29 is 4.39 Å². The van der Waals surface area contributed by atoms with Crippen molar-refractivity contribution in [3.8, 4) is 0 Å². The number of hydrogen-bond donors (Lipinski definition) is 1. The molecular formula is C15H23FN2. The number of halogens is 1. The first-order valence-electron chi connectivity index (χ1n) is 7.02. The van der Waals surface area contributed by atoms with E-state index in [-0.39, 0.29) is 5.82 Å². The molecule has 1 aromatic carbocycles. The van der Waals surface area contributed by atoms with Crippen LogP contribution in [0.2, 0.25) is 0 Å². The molecule has 0 aromatic heterocycles. The number of piperidine rings is 1. The van der Waals surface area contributed by atoms with E-state index in [1.54, 1.807) is 12.1 Å². The number of nitrogens with zero attached hydrogens (tertiary/aromatic N) is 1. The average molecular weight is 250 g/mol. The first-order valence-corrected chi connectivity index (χ1v) is 7.02. The van der Waals surface area contributed by atoms with Crippen LogP contribution in [0.4, 0.5) is 4.39 Å². The van der Waals surface area contributed by atoms with Gasteiger partial charge in [-0.15, -0.1) is 0 Å². The predicted molar refractivity (Wildman–Crippen MR) is 73.0 cm³/mol. The minimum atomic E-state index is -0.150. The maximum absolute atomic E-state index is 13.0. The summed E-state index contributed by atoms with van der Waals surface area (Å²) in [5.74, 6) is -0.150. The van der Waals surface area contributed by atoms with E-state index in [2.05, 4.69) is 10.2 Å². The van der Waals surface area contributed by atoms with Crippen LogP contribution in [0.15, 0.2) is 24.3 Å². The molecule has 1 N–H and O–H groups in total. The van der Waals surface area contributed by atoms with Gasteiger partial charge in [-0.25, -0.2) is 4.39 Å². The minimum absolute atomic E-state index is 0.150. The lowest BCUT2D eigenvalue weighted by molar-refractivity contribution is 0.225. The third kappa shape index (κ3) is 4.75. The normalized spacial score (nSPS) is 16.9. The SMILES string of the molecule is Fc1cccc(CNCCCN2CCCCC2)c1. The highest BCUT2D eigenvalue weighted by Gasteiger charge is 2.08. The van der Waals surface area contributed by atoms with Crippen LogP contribution in [0.3, 0.4) is 0 Å². The summed E-state index contributed by atoms with van der Waals surface area (Å²) in [5.41, 5.74) is 1.02. The van der Waals surface area contributed by atoms with E-state index < -0.39 is 0 Å². The average Bonchev–Trinajstić information content (AvgIpc) is 2.40. The predicted octanol–water partition coefficient (Wildman–Crippen LogP) is 2.79. The molecule has 0 bridgehead atoms. The summed E-state index contributed by atoms with van der Waals surface area (Å²) in [6.45, 7) is 5.49. The Morgan fingerprint density at radius 2 is 2.00 bits per heavy atom. The Bertz CT molecular complexity index is 348. The quantitative estimate of drug-likeness (QED) is 0.781. The second-order valence-corrected chi connectivity index (χ2v) is 5.06. The fourth-order valence-corrected chi connectivity index (χ4v) is 2.49. The van der Waals surface area contributed by atoms with Crippen LogP contribution in [0.5, 0.6) is 0 Å². The standard InChI is InChI=1S/C15H23FN2/c16-15-7-4-6-14(12-15)13-17-8-5-11-18-9-2-1-3-10-18/h4,6-7,12,17H,1-3,5,8-11,13H2. The third-order valence-electron chi connectivity index (χ3n) is 3.49. The van der Waals surface area contributed by atoms with Crippen LogP contribution in [0.1, 0.15) is 31.2 Å². The second kappa shape index (κ2) is 7.49. The van der Waals surface area contributed by atoms with E-state index in [9.17, 15) is 4.39 Å². The van der Waals surface area contributed by atoms with E-state index in [1.165, 1.54) is 51.4 Å². The van der Waals surface area contributed by atoms with Crippen molar-refractivity contribution in [1.82, 2.24) is 10.2 Å². The van der Waals surface area contributed by atoms with Crippen LogP contribution in [-0.2, 0) is 6.54 Å². The molecule has 0 amide bonds. The van der Waals surface area contributed by atoms with E-state index in [0.29, 0.717) is 0 Å². The summed E-state index contributed by atoms with van der Waals surface area (Å²) in [5, 5.41) is 3.38. The zero-order valence-electron chi connectivity index (χ0n) is 11.0. The van der Waals surface area contributed by atoms with Gasteiger partial charge in [0.25, 0.3) is 0 Å². The van der Waals surface area contributed by atoms with Crippen molar-refractivity contribution >= 4 is 0 Å². The van der Waals surface area contributed by atoms with Crippen molar-refractivity contribution in [2.45, 2.75) is 32.2 Å². The molecular weight excluding hydrogens is 227 g/mol. The van der Waals surface area contributed by atoms with Crippen molar-refractivity contribution in [2.75, 3.05) is 26.2 Å². The molecule has 1 aliphatic heterocycles. The van der Waals surface area contributed by atoms with Crippen LogP contribution in [-0.4, -0.2) is 31.1 Å². The Morgan fingerprint density at radius 3 is 2.78 bits per heavy atom. The molecule has 0 aliphatic carbocycles. The maximum Gasteiger partial charge on any atom is 0.123 e. The molecule has 2 nitrogen and oxygen atoms in total. The van der Waals surface area contributed by atoms with Gasteiger partial charge in [0, 0.05) is 6.54 Å². The zero-order valence-corrected chi connectivity index (χ0v) is 11.0. The molecule has 0 radical (unpaired) electrons. The fourth-order valence-electron chi connectivity index (χ4n) is 2.49. The van der Waals surface area contributed by atoms with Gasteiger partial charge in [0.2, 0.25) is 0 Å². The smallest absolute Gasteiger partial charge is 0.123 e. The van der Waals surface area contributed by atoms with Gasteiger partial charge in [0.1, 0.15) is 5.82 Å². The van der Waals surface area contributed by atoms with Crippen molar-refractivity contribution in [1.29, 1.82) is 0 Å². The molecule has 2 rings (SSSR count). The Labute approximate surface area is 109 Å². The Hall–Kier alpha value is -0.930. The van der Waals surface area contributed by atoms with Crippen molar-refractivity contribution in [3.63, 3.8) is 0 Å². The van der Waals surface area contributed by atoms with E-state index in [4.69, 9.17) is 0 Å². The van der Waals surface area contributed by atoms with Crippen molar-refractivity contribution in [2.24, 2.45) is 0 Å². The lowest BCUT2D eigenvalue weighted by atomic mass is 10.1. The number of benzene rings is 1. The summed E-state index contributed by atoms with van der Waals surface area (Å²) in [7, 11) is 0. The Kier molecular flexibility index (Phi) is 5.62. The fraction of sp³-hybridized carbons (Fsp3) is 0.600. The Morgan fingerprint density at radius 1 is 1.17 bits per heavy atom. The molecule has 0 spiro atoms. The highest BCUT2D eigenvalue weighted by Crippen LogP contribution is 2.08. The molecule has 1 aromatic rings. The molecule has 0 saturated carbocycles. The van der Waals surface area contributed by atoms with Crippen LogP contribution in [0, 0.1) is 5.82 Å². The van der Waals surface area contributed by atoms with Crippen molar-refractivity contribution in [3.05, 3.63) is 35.6 Å². The van der Waals surface area contributed by atoms with E-state index >= 15 is 0 Å². The lowest BCUT2D eigenvalue weighted by Gasteiger charge is -2.26. The van der Waals surface area contributed by atoms with Gasteiger partial charge in [0.15, 0.2) is 0 Å². The highest BCUT2D eigenvalue weighted by atomic mass is 19.1. The van der Waals surface area contributed by atoms with Crippen LogP contribution in [0.25, 0.3) is 0 Å². The van der Waals surface area contributed by atoms with Gasteiger partial charge in [0.05, 0.1) is 0 Å². The molecule has 100 valence electrons. The first kappa shape index (κ1) is 13.5. The largest absolute Gasteiger partial charge is 0.313 e. The molecule has 1 heterocycles. The van der Waals surface area contributed by atoms with E-state index in [0.717, 1.165) is 18.7 Å². The monoisotopic (exact) mass is 250 g/mol. The van der Waals surface area contributed by atoms with Crippen LogP contribution >= 0.6 is 0 Å². The summed E-state index contributed by atoms with van der Waals surface area (Å²) >= 11 is 0. The molecule has 0 unspecified atom stereocenters. The van der Waals surface area contributed by atoms with Gasteiger partial charge in [-0.2, -0.15) is 0 Å². The Balaban J connectivity index is 1.55.